The van der Waals surface area contributed by atoms with Gasteiger partial charge in [-0.25, -0.2) is 0 Å². The molecule has 0 saturated carbocycles. The van der Waals surface area contributed by atoms with Gasteiger partial charge in [0.1, 0.15) is 5.75 Å². The molecule has 0 unspecified atom stereocenters. The standard InChI is InChI=1S/C20H24N4O2/c1-14-10-19(20(25)22(3)12-16-11-21-23(4)13-16)15(2)24(14)17-6-8-18(26-5)9-7-17/h6-11,13H,12H2,1-5H3. The second-order valence-electron chi connectivity index (χ2n) is 6.50. The van der Waals surface area contributed by atoms with Crippen molar-refractivity contribution in [2.45, 2.75) is 20.4 Å². The minimum absolute atomic E-state index is 0.00159. The lowest BCUT2D eigenvalue weighted by molar-refractivity contribution is 0.0784. The number of hydrogen-bond acceptors (Lipinski definition) is 3. The first-order chi connectivity index (χ1) is 12.4. The lowest BCUT2D eigenvalue weighted by atomic mass is 10.2. The van der Waals surface area contributed by atoms with Crippen LogP contribution in [0.15, 0.2) is 42.7 Å². The molecule has 0 bridgehead atoms. The number of nitrogens with zero attached hydrogens (tertiary/aromatic N) is 4. The lowest BCUT2D eigenvalue weighted by Gasteiger charge is -2.16. The van der Waals surface area contributed by atoms with Crippen molar-refractivity contribution in [1.82, 2.24) is 19.2 Å². The number of carbonyl (C=O) groups excluding carboxylic acids is 1. The molecule has 0 N–H and O–H groups in total. The van der Waals surface area contributed by atoms with Gasteiger partial charge in [0, 0.05) is 49.5 Å². The Labute approximate surface area is 153 Å². The van der Waals surface area contributed by atoms with E-state index in [2.05, 4.69) is 9.67 Å². The second-order valence-corrected chi connectivity index (χ2v) is 6.50. The zero-order chi connectivity index (χ0) is 18.8. The Hall–Kier alpha value is -3.02. The van der Waals surface area contributed by atoms with E-state index in [1.54, 1.807) is 22.9 Å². The average molecular weight is 352 g/mol. The van der Waals surface area contributed by atoms with Gasteiger partial charge in [0.05, 0.1) is 18.9 Å². The van der Waals surface area contributed by atoms with Crippen molar-refractivity contribution in [3.05, 3.63) is 65.2 Å². The summed E-state index contributed by atoms with van der Waals surface area (Å²) in [6.45, 7) is 4.51. The Bertz CT molecular complexity index is 922. The van der Waals surface area contributed by atoms with Gasteiger partial charge in [-0.3, -0.25) is 9.48 Å². The molecule has 0 radical (unpaired) electrons. The fraction of sp³-hybridized carbons (Fsp3) is 0.300. The van der Waals surface area contributed by atoms with Crippen LogP contribution in [0.2, 0.25) is 0 Å². The molecule has 1 aromatic carbocycles. The third kappa shape index (κ3) is 3.35. The highest BCUT2D eigenvalue weighted by Gasteiger charge is 2.20. The average Bonchev–Trinajstić information content (AvgIpc) is 3.17. The minimum Gasteiger partial charge on any atom is -0.497 e. The minimum atomic E-state index is 0.00159. The van der Waals surface area contributed by atoms with Gasteiger partial charge in [0.25, 0.3) is 5.91 Å². The SMILES string of the molecule is COc1ccc(-n2c(C)cc(C(=O)N(C)Cc3cnn(C)c3)c2C)cc1. The summed E-state index contributed by atoms with van der Waals surface area (Å²) >= 11 is 0. The first kappa shape index (κ1) is 17.8. The predicted octanol–water partition coefficient (Wildman–Crippen LogP) is 3.11. The monoisotopic (exact) mass is 352 g/mol. The zero-order valence-electron chi connectivity index (χ0n) is 15.9. The van der Waals surface area contributed by atoms with E-state index in [9.17, 15) is 4.79 Å². The van der Waals surface area contributed by atoms with Crippen LogP contribution in [0.4, 0.5) is 0 Å². The summed E-state index contributed by atoms with van der Waals surface area (Å²) in [6, 6.07) is 9.77. The summed E-state index contributed by atoms with van der Waals surface area (Å²) in [7, 11) is 5.33. The van der Waals surface area contributed by atoms with Gasteiger partial charge in [-0.15, -0.1) is 0 Å². The van der Waals surface area contributed by atoms with Crippen molar-refractivity contribution < 1.29 is 9.53 Å². The zero-order valence-corrected chi connectivity index (χ0v) is 15.9. The fourth-order valence-corrected chi connectivity index (χ4v) is 3.21. The Morgan fingerprint density at radius 3 is 2.50 bits per heavy atom. The second kappa shape index (κ2) is 7.07. The molecular weight excluding hydrogens is 328 g/mol. The summed E-state index contributed by atoms with van der Waals surface area (Å²) in [5.41, 5.74) is 4.67. The van der Waals surface area contributed by atoms with E-state index >= 15 is 0 Å². The molecule has 0 saturated heterocycles. The highest BCUT2D eigenvalue weighted by Crippen LogP contribution is 2.24. The van der Waals surface area contributed by atoms with Gasteiger partial charge in [-0.1, -0.05) is 0 Å². The highest BCUT2D eigenvalue weighted by atomic mass is 16.5. The molecule has 0 aliphatic heterocycles. The maximum atomic E-state index is 12.9. The van der Waals surface area contributed by atoms with E-state index in [0.29, 0.717) is 12.1 Å². The number of rotatable bonds is 5. The molecule has 2 aromatic heterocycles. The molecule has 0 aliphatic carbocycles. The molecule has 26 heavy (non-hydrogen) atoms. The van der Waals surface area contributed by atoms with E-state index in [1.165, 1.54) is 0 Å². The van der Waals surface area contributed by atoms with Crippen molar-refractivity contribution in [2.24, 2.45) is 7.05 Å². The number of aryl methyl sites for hydroxylation is 2. The smallest absolute Gasteiger partial charge is 0.255 e. The third-order valence-electron chi connectivity index (χ3n) is 4.52. The van der Waals surface area contributed by atoms with Crippen molar-refractivity contribution in [1.29, 1.82) is 0 Å². The molecule has 2 heterocycles. The normalized spacial score (nSPS) is 10.8. The van der Waals surface area contributed by atoms with Crippen LogP contribution >= 0.6 is 0 Å². The number of amides is 1. The summed E-state index contributed by atoms with van der Waals surface area (Å²) in [6.07, 6.45) is 3.70. The van der Waals surface area contributed by atoms with E-state index in [-0.39, 0.29) is 5.91 Å². The topological polar surface area (TPSA) is 52.3 Å². The molecule has 0 atom stereocenters. The molecule has 0 fully saturated rings. The predicted molar refractivity (Wildman–Crippen MR) is 101 cm³/mol. The number of aromatic nitrogens is 3. The number of carbonyl (C=O) groups is 1. The number of hydrogen-bond donors (Lipinski definition) is 0. The van der Waals surface area contributed by atoms with E-state index < -0.39 is 0 Å². The van der Waals surface area contributed by atoms with Gasteiger partial charge in [0.15, 0.2) is 0 Å². The Morgan fingerprint density at radius 2 is 1.92 bits per heavy atom. The van der Waals surface area contributed by atoms with Crippen molar-refractivity contribution in [3.63, 3.8) is 0 Å². The molecule has 3 rings (SSSR count). The van der Waals surface area contributed by atoms with Crippen LogP contribution in [-0.4, -0.2) is 39.3 Å². The quantitative estimate of drug-likeness (QED) is 0.709. The summed E-state index contributed by atoms with van der Waals surface area (Å²) in [4.78, 5) is 14.7. The van der Waals surface area contributed by atoms with Gasteiger partial charge >= 0.3 is 0 Å². The first-order valence-corrected chi connectivity index (χ1v) is 8.47. The van der Waals surface area contributed by atoms with Crippen LogP contribution in [0.25, 0.3) is 5.69 Å². The van der Waals surface area contributed by atoms with Gasteiger partial charge < -0.3 is 14.2 Å². The Balaban J connectivity index is 1.87. The van der Waals surface area contributed by atoms with Crippen LogP contribution in [0.5, 0.6) is 5.75 Å². The van der Waals surface area contributed by atoms with Crippen LogP contribution < -0.4 is 4.74 Å². The molecular formula is C20H24N4O2. The summed E-state index contributed by atoms with van der Waals surface area (Å²) < 4.78 is 9.05. The van der Waals surface area contributed by atoms with Gasteiger partial charge in [-0.05, 0) is 44.2 Å². The maximum Gasteiger partial charge on any atom is 0.255 e. The maximum absolute atomic E-state index is 12.9. The largest absolute Gasteiger partial charge is 0.497 e. The number of ether oxygens (including phenoxy) is 1. The van der Waals surface area contributed by atoms with E-state index in [1.807, 2.05) is 64.5 Å². The number of benzene rings is 1. The first-order valence-electron chi connectivity index (χ1n) is 8.47. The van der Waals surface area contributed by atoms with Crippen molar-refractivity contribution >= 4 is 5.91 Å². The fourth-order valence-electron chi connectivity index (χ4n) is 3.21. The molecule has 136 valence electrons. The van der Waals surface area contributed by atoms with Crippen LogP contribution in [0.3, 0.4) is 0 Å². The van der Waals surface area contributed by atoms with Gasteiger partial charge in [-0.2, -0.15) is 5.10 Å². The van der Waals surface area contributed by atoms with Crippen molar-refractivity contribution in [2.75, 3.05) is 14.2 Å². The van der Waals surface area contributed by atoms with Gasteiger partial charge in [0.2, 0.25) is 0 Å². The molecule has 3 aromatic rings. The third-order valence-corrected chi connectivity index (χ3v) is 4.52. The van der Waals surface area contributed by atoms with E-state index in [4.69, 9.17) is 4.74 Å². The molecule has 0 spiro atoms. The van der Waals surface area contributed by atoms with Crippen LogP contribution in [-0.2, 0) is 13.6 Å². The lowest BCUT2D eigenvalue weighted by Crippen LogP contribution is -2.26. The number of methoxy groups -OCH3 is 1. The van der Waals surface area contributed by atoms with Crippen LogP contribution in [0.1, 0.15) is 27.3 Å². The molecule has 6 heteroatoms. The molecule has 6 nitrogen and oxygen atoms in total. The molecule has 0 aliphatic rings. The summed E-state index contributed by atoms with van der Waals surface area (Å²) in [5.74, 6) is 0.811. The van der Waals surface area contributed by atoms with Crippen molar-refractivity contribution in [3.8, 4) is 11.4 Å². The Kier molecular flexibility index (Phi) is 4.84. The summed E-state index contributed by atoms with van der Waals surface area (Å²) in [5, 5.41) is 4.16. The Morgan fingerprint density at radius 1 is 1.23 bits per heavy atom. The van der Waals surface area contributed by atoms with Crippen LogP contribution in [0, 0.1) is 13.8 Å². The molecule has 1 amide bonds. The highest BCUT2D eigenvalue weighted by molar-refractivity contribution is 5.95. The van der Waals surface area contributed by atoms with E-state index in [0.717, 1.165) is 28.4 Å².